The number of rotatable bonds is 0. The first kappa shape index (κ1) is 4.37. The van der Waals surface area contributed by atoms with E-state index in [0.717, 1.165) is 0 Å². The van der Waals surface area contributed by atoms with Crippen molar-refractivity contribution >= 4 is 0 Å². The molecule has 0 N–H and O–H groups in total. The van der Waals surface area contributed by atoms with Crippen LogP contribution in [0.4, 0.5) is 0 Å². The lowest BCUT2D eigenvalue weighted by Crippen LogP contribution is -1.85. The maximum Gasteiger partial charge on any atom is -0.0232 e. The lowest BCUT2D eigenvalue weighted by molar-refractivity contribution is 0.797. The zero-order valence-electron chi connectivity index (χ0n) is 5.20. The maximum absolute atomic E-state index is 2.32. The van der Waals surface area contributed by atoms with Crippen molar-refractivity contribution in [3.63, 3.8) is 0 Å². The van der Waals surface area contributed by atoms with Crippen LogP contribution in [0.1, 0.15) is 26.2 Å². The van der Waals surface area contributed by atoms with E-state index in [0.29, 0.717) is 0 Å². The summed E-state index contributed by atoms with van der Waals surface area (Å²) in [4.78, 5) is 0. The minimum absolute atomic E-state index is 1.34. The molecule has 0 fully saturated rings. The molecule has 0 radical (unpaired) electrons. The zero-order valence-corrected chi connectivity index (χ0v) is 5.20. The van der Waals surface area contributed by atoms with Gasteiger partial charge in [-0.2, -0.15) is 0 Å². The Morgan fingerprint density at radius 1 is 1.38 bits per heavy atom. The fourth-order valence-corrected chi connectivity index (χ4v) is 1.42. The molecule has 0 aromatic carbocycles. The van der Waals surface area contributed by atoms with Gasteiger partial charge < -0.3 is 0 Å². The van der Waals surface area contributed by atoms with Gasteiger partial charge >= 0.3 is 0 Å². The summed E-state index contributed by atoms with van der Waals surface area (Å²) in [6.45, 7) is 2.25. The molecule has 0 aromatic rings. The molecule has 0 saturated carbocycles. The summed E-state index contributed by atoms with van der Waals surface area (Å²) in [5.74, 6) is 0. The Balaban J connectivity index is 2.32. The Hall–Kier alpha value is -0.520. The fraction of sp³-hybridized carbons (Fsp3) is 0.500. The second-order valence-electron chi connectivity index (χ2n) is 2.72. The van der Waals surface area contributed by atoms with Crippen molar-refractivity contribution in [2.24, 2.45) is 0 Å². The monoisotopic (exact) mass is 106 g/mol. The average Bonchev–Trinajstić information content (AvgIpc) is 2.45. The highest BCUT2D eigenvalue weighted by Crippen LogP contribution is 2.40. The van der Waals surface area contributed by atoms with Crippen molar-refractivity contribution in [1.29, 1.82) is 0 Å². The molecule has 42 valence electrons. The Morgan fingerprint density at radius 3 is 2.88 bits per heavy atom. The first-order valence-corrected chi connectivity index (χ1v) is 3.28. The molecule has 2 aliphatic carbocycles. The zero-order chi connectivity index (χ0) is 5.56. The van der Waals surface area contributed by atoms with Crippen molar-refractivity contribution in [2.45, 2.75) is 26.2 Å². The van der Waals surface area contributed by atoms with Gasteiger partial charge in [-0.05, 0) is 37.3 Å². The molecule has 0 aromatic heterocycles. The molecule has 2 aliphatic rings. The Morgan fingerprint density at radius 2 is 2.25 bits per heavy atom. The van der Waals surface area contributed by atoms with Crippen LogP contribution in [0, 0.1) is 0 Å². The summed E-state index contributed by atoms with van der Waals surface area (Å²) in [6, 6.07) is 0. The van der Waals surface area contributed by atoms with Crippen LogP contribution in [0.15, 0.2) is 22.8 Å². The van der Waals surface area contributed by atoms with Gasteiger partial charge in [0.2, 0.25) is 0 Å². The van der Waals surface area contributed by atoms with E-state index in [9.17, 15) is 0 Å². The second kappa shape index (κ2) is 1.25. The average molecular weight is 106 g/mol. The van der Waals surface area contributed by atoms with Crippen LogP contribution in [0.3, 0.4) is 0 Å². The number of hydrogen-bond acceptors (Lipinski definition) is 0. The molecule has 0 unspecified atom stereocenters. The quantitative estimate of drug-likeness (QED) is 0.445. The van der Waals surface area contributed by atoms with E-state index in [-0.39, 0.29) is 0 Å². The number of hydrogen-bond donors (Lipinski definition) is 0. The number of fused-ring (bicyclic) bond motifs is 1. The standard InChI is InChI=1S/C8H10/c1-6-3-2-4-7-5-8(6)7/h5H,2-4H2,1H3. The van der Waals surface area contributed by atoms with E-state index >= 15 is 0 Å². The highest BCUT2D eigenvalue weighted by molar-refractivity contribution is 5.60. The normalized spacial score (nSPS) is 24.9. The first-order valence-electron chi connectivity index (χ1n) is 3.28. The van der Waals surface area contributed by atoms with Crippen LogP contribution >= 0.6 is 0 Å². The molecule has 0 heteroatoms. The molecule has 0 bridgehead atoms. The molecule has 0 spiro atoms. The summed E-state index contributed by atoms with van der Waals surface area (Å²) < 4.78 is 0. The smallest absolute Gasteiger partial charge is 0.0232 e. The van der Waals surface area contributed by atoms with Crippen LogP contribution in [0.5, 0.6) is 0 Å². The van der Waals surface area contributed by atoms with Crippen LogP contribution < -0.4 is 0 Å². The molecular formula is C8H10. The maximum atomic E-state index is 2.32. The van der Waals surface area contributed by atoms with Crippen molar-refractivity contribution in [1.82, 2.24) is 0 Å². The predicted molar refractivity (Wildman–Crippen MR) is 34.6 cm³/mol. The van der Waals surface area contributed by atoms with Gasteiger partial charge in [0.1, 0.15) is 0 Å². The topological polar surface area (TPSA) is 0 Å². The van der Waals surface area contributed by atoms with Gasteiger partial charge in [-0.25, -0.2) is 0 Å². The van der Waals surface area contributed by atoms with Gasteiger partial charge in [-0.3, -0.25) is 0 Å². The van der Waals surface area contributed by atoms with Crippen LogP contribution in [0.25, 0.3) is 0 Å². The highest BCUT2D eigenvalue weighted by atomic mass is 14.3. The van der Waals surface area contributed by atoms with Gasteiger partial charge in [0.25, 0.3) is 0 Å². The van der Waals surface area contributed by atoms with Gasteiger partial charge in [-0.15, -0.1) is 0 Å². The molecule has 0 aliphatic heterocycles. The minimum Gasteiger partial charge on any atom is -0.0658 e. The van der Waals surface area contributed by atoms with E-state index < -0.39 is 0 Å². The van der Waals surface area contributed by atoms with E-state index in [2.05, 4.69) is 13.0 Å². The van der Waals surface area contributed by atoms with Gasteiger partial charge in [0.05, 0.1) is 0 Å². The Kier molecular flexibility index (Phi) is 0.682. The van der Waals surface area contributed by atoms with Crippen LogP contribution in [0.2, 0.25) is 0 Å². The van der Waals surface area contributed by atoms with Crippen molar-refractivity contribution in [3.05, 3.63) is 22.8 Å². The second-order valence-corrected chi connectivity index (χ2v) is 2.72. The van der Waals surface area contributed by atoms with E-state index in [4.69, 9.17) is 0 Å². The van der Waals surface area contributed by atoms with E-state index in [1.165, 1.54) is 19.3 Å². The summed E-state index contributed by atoms with van der Waals surface area (Å²) in [5, 5.41) is 0. The molecule has 0 saturated heterocycles. The van der Waals surface area contributed by atoms with Crippen molar-refractivity contribution in [2.75, 3.05) is 0 Å². The molecule has 2 rings (SSSR count). The highest BCUT2D eigenvalue weighted by Gasteiger charge is 2.21. The molecular weight excluding hydrogens is 96.1 g/mol. The summed E-state index contributed by atoms with van der Waals surface area (Å²) >= 11 is 0. The Bertz CT molecular complexity index is 182. The Labute approximate surface area is 49.9 Å². The third kappa shape index (κ3) is 0.459. The first-order chi connectivity index (χ1) is 3.88. The molecule has 8 heavy (non-hydrogen) atoms. The SMILES string of the molecule is CC1=C2C=C2CCC1. The summed E-state index contributed by atoms with van der Waals surface area (Å²) in [5.41, 5.74) is 4.84. The largest absolute Gasteiger partial charge is 0.0658 e. The van der Waals surface area contributed by atoms with Gasteiger partial charge in [-0.1, -0.05) is 11.6 Å². The van der Waals surface area contributed by atoms with Crippen LogP contribution in [-0.2, 0) is 0 Å². The number of allylic oxidation sites excluding steroid dienone is 4. The van der Waals surface area contributed by atoms with Crippen molar-refractivity contribution < 1.29 is 0 Å². The fourth-order valence-electron chi connectivity index (χ4n) is 1.42. The molecule has 0 atom stereocenters. The summed E-state index contributed by atoms with van der Waals surface area (Å²) in [6.07, 6.45) is 6.41. The lowest BCUT2D eigenvalue weighted by Gasteiger charge is -2.04. The third-order valence-electron chi connectivity index (χ3n) is 2.04. The van der Waals surface area contributed by atoms with Gasteiger partial charge in [0, 0.05) is 0 Å². The summed E-state index contributed by atoms with van der Waals surface area (Å²) in [7, 11) is 0. The van der Waals surface area contributed by atoms with Crippen molar-refractivity contribution in [3.8, 4) is 0 Å². The minimum atomic E-state index is 1.34. The molecule has 0 nitrogen and oxygen atoms in total. The molecule has 0 heterocycles. The molecule has 0 amide bonds. The van der Waals surface area contributed by atoms with Crippen LogP contribution in [-0.4, -0.2) is 0 Å². The predicted octanol–water partition coefficient (Wildman–Crippen LogP) is 2.43. The van der Waals surface area contributed by atoms with E-state index in [1.54, 1.807) is 16.7 Å². The van der Waals surface area contributed by atoms with E-state index in [1.807, 2.05) is 0 Å². The van der Waals surface area contributed by atoms with Gasteiger partial charge in [0.15, 0.2) is 0 Å². The lowest BCUT2D eigenvalue weighted by atomic mass is 10.0. The third-order valence-corrected chi connectivity index (χ3v) is 2.04.